The van der Waals surface area contributed by atoms with Crippen molar-refractivity contribution < 1.29 is 0 Å². The summed E-state index contributed by atoms with van der Waals surface area (Å²) < 4.78 is 0. The first-order valence-corrected chi connectivity index (χ1v) is 5.79. The maximum atomic E-state index is 2.38. The molecule has 0 aliphatic carbocycles. The summed E-state index contributed by atoms with van der Waals surface area (Å²) in [7, 11) is 0. The van der Waals surface area contributed by atoms with E-state index in [1.807, 2.05) is 0 Å². The van der Waals surface area contributed by atoms with Gasteiger partial charge in [0.1, 0.15) is 0 Å². The molecule has 0 amide bonds. The molecule has 13 heavy (non-hydrogen) atoms. The highest BCUT2D eigenvalue weighted by molar-refractivity contribution is 4.77. The SMILES string of the molecule is CCC(C)CC(C(C)C)C(C)(C)C. The summed E-state index contributed by atoms with van der Waals surface area (Å²) in [4.78, 5) is 0. The van der Waals surface area contributed by atoms with Crippen LogP contribution in [0.2, 0.25) is 0 Å². The van der Waals surface area contributed by atoms with Crippen molar-refractivity contribution in [3.05, 3.63) is 0 Å². The molecule has 0 heterocycles. The largest absolute Gasteiger partial charge is 0.0651 e. The lowest BCUT2D eigenvalue weighted by Crippen LogP contribution is -2.27. The van der Waals surface area contributed by atoms with Crippen molar-refractivity contribution in [2.45, 2.75) is 61.3 Å². The molecule has 0 fully saturated rings. The van der Waals surface area contributed by atoms with E-state index in [2.05, 4.69) is 48.5 Å². The lowest BCUT2D eigenvalue weighted by molar-refractivity contribution is 0.144. The Morgan fingerprint density at radius 2 is 1.46 bits per heavy atom. The second kappa shape index (κ2) is 5.02. The highest BCUT2D eigenvalue weighted by Crippen LogP contribution is 2.37. The summed E-state index contributed by atoms with van der Waals surface area (Å²) in [6.07, 6.45) is 2.71. The van der Waals surface area contributed by atoms with E-state index in [4.69, 9.17) is 0 Å². The summed E-state index contributed by atoms with van der Waals surface area (Å²) >= 11 is 0. The third-order valence-corrected chi connectivity index (χ3v) is 3.27. The molecule has 0 bridgehead atoms. The Kier molecular flexibility index (Phi) is 5.02. The van der Waals surface area contributed by atoms with Gasteiger partial charge >= 0.3 is 0 Å². The van der Waals surface area contributed by atoms with Gasteiger partial charge in [-0.2, -0.15) is 0 Å². The quantitative estimate of drug-likeness (QED) is 0.592. The summed E-state index contributed by atoms with van der Waals surface area (Å²) in [6.45, 7) is 16.5. The molecule has 0 aromatic carbocycles. The molecule has 2 unspecified atom stereocenters. The summed E-state index contributed by atoms with van der Waals surface area (Å²) in [5.74, 6) is 2.56. The van der Waals surface area contributed by atoms with Crippen molar-refractivity contribution >= 4 is 0 Å². The fraction of sp³-hybridized carbons (Fsp3) is 1.00. The Bertz CT molecular complexity index is 127. The molecular formula is C13H28. The fourth-order valence-electron chi connectivity index (χ4n) is 2.23. The number of hydrogen-bond acceptors (Lipinski definition) is 0. The van der Waals surface area contributed by atoms with Gasteiger partial charge in [0.25, 0.3) is 0 Å². The van der Waals surface area contributed by atoms with E-state index < -0.39 is 0 Å². The van der Waals surface area contributed by atoms with E-state index in [9.17, 15) is 0 Å². The van der Waals surface area contributed by atoms with Crippen LogP contribution in [-0.4, -0.2) is 0 Å². The van der Waals surface area contributed by atoms with Crippen molar-refractivity contribution in [2.75, 3.05) is 0 Å². The fourth-order valence-corrected chi connectivity index (χ4v) is 2.23. The van der Waals surface area contributed by atoms with E-state index in [1.165, 1.54) is 12.8 Å². The highest BCUT2D eigenvalue weighted by Gasteiger charge is 2.28. The van der Waals surface area contributed by atoms with Crippen LogP contribution in [0.25, 0.3) is 0 Å². The van der Waals surface area contributed by atoms with Crippen LogP contribution in [0.4, 0.5) is 0 Å². The van der Waals surface area contributed by atoms with Crippen molar-refractivity contribution in [2.24, 2.45) is 23.2 Å². The predicted molar refractivity (Wildman–Crippen MR) is 61.9 cm³/mol. The molecule has 0 rings (SSSR count). The molecule has 0 aromatic heterocycles. The Morgan fingerprint density at radius 1 is 1.00 bits per heavy atom. The van der Waals surface area contributed by atoms with Crippen LogP contribution < -0.4 is 0 Å². The molecule has 2 atom stereocenters. The molecule has 80 valence electrons. The van der Waals surface area contributed by atoms with Gasteiger partial charge in [-0.3, -0.25) is 0 Å². The molecule has 0 N–H and O–H groups in total. The molecule has 0 spiro atoms. The lowest BCUT2D eigenvalue weighted by atomic mass is 9.70. The first kappa shape index (κ1) is 13.0. The second-order valence-corrected chi connectivity index (χ2v) is 5.97. The van der Waals surface area contributed by atoms with Gasteiger partial charge < -0.3 is 0 Å². The Hall–Kier alpha value is 0. The normalized spacial score (nSPS) is 17.5. The minimum Gasteiger partial charge on any atom is -0.0651 e. The molecule has 0 radical (unpaired) electrons. The van der Waals surface area contributed by atoms with Gasteiger partial charge in [-0.15, -0.1) is 0 Å². The Balaban J connectivity index is 4.28. The zero-order valence-corrected chi connectivity index (χ0v) is 10.6. The van der Waals surface area contributed by atoms with Gasteiger partial charge in [-0.05, 0) is 29.6 Å². The topological polar surface area (TPSA) is 0 Å². The maximum Gasteiger partial charge on any atom is -0.0340 e. The molecule has 0 saturated carbocycles. The Labute approximate surface area is 85.1 Å². The molecule has 0 aliphatic heterocycles. The zero-order chi connectivity index (χ0) is 10.6. The van der Waals surface area contributed by atoms with Crippen LogP contribution in [0.3, 0.4) is 0 Å². The van der Waals surface area contributed by atoms with Gasteiger partial charge in [0.15, 0.2) is 0 Å². The van der Waals surface area contributed by atoms with Crippen LogP contribution in [0.15, 0.2) is 0 Å². The predicted octanol–water partition coefficient (Wildman–Crippen LogP) is 4.74. The average molecular weight is 184 g/mol. The minimum atomic E-state index is 0.470. The average Bonchev–Trinajstić information content (AvgIpc) is 1.96. The van der Waals surface area contributed by atoms with Crippen molar-refractivity contribution in [3.63, 3.8) is 0 Å². The van der Waals surface area contributed by atoms with Crippen molar-refractivity contribution in [3.8, 4) is 0 Å². The smallest absolute Gasteiger partial charge is 0.0340 e. The maximum absolute atomic E-state index is 2.38. The molecule has 0 heteroatoms. The van der Waals surface area contributed by atoms with Gasteiger partial charge in [0.2, 0.25) is 0 Å². The van der Waals surface area contributed by atoms with E-state index >= 15 is 0 Å². The molecule has 0 aromatic rings. The lowest BCUT2D eigenvalue weighted by Gasteiger charge is -2.35. The van der Waals surface area contributed by atoms with Gasteiger partial charge in [-0.1, -0.05) is 54.9 Å². The molecule has 0 saturated heterocycles. The van der Waals surface area contributed by atoms with Gasteiger partial charge in [-0.25, -0.2) is 0 Å². The number of hydrogen-bond donors (Lipinski definition) is 0. The molecule has 0 aliphatic rings. The van der Waals surface area contributed by atoms with Crippen LogP contribution >= 0.6 is 0 Å². The van der Waals surface area contributed by atoms with Crippen LogP contribution in [0.1, 0.15) is 61.3 Å². The second-order valence-electron chi connectivity index (χ2n) is 5.97. The van der Waals surface area contributed by atoms with E-state index in [0.717, 1.165) is 17.8 Å². The minimum absolute atomic E-state index is 0.470. The Morgan fingerprint density at radius 3 is 1.69 bits per heavy atom. The highest BCUT2D eigenvalue weighted by atomic mass is 14.3. The first-order chi connectivity index (χ1) is 5.79. The monoisotopic (exact) mass is 184 g/mol. The third-order valence-electron chi connectivity index (χ3n) is 3.27. The van der Waals surface area contributed by atoms with Gasteiger partial charge in [0, 0.05) is 0 Å². The molecular weight excluding hydrogens is 156 g/mol. The van der Waals surface area contributed by atoms with Crippen molar-refractivity contribution in [1.82, 2.24) is 0 Å². The standard InChI is InChI=1S/C13H28/c1-8-11(4)9-12(10(2)3)13(5,6)7/h10-12H,8-9H2,1-7H3. The summed E-state index contributed by atoms with van der Waals surface area (Å²) in [5, 5.41) is 0. The van der Waals surface area contributed by atoms with Crippen LogP contribution in [-0.2, 0) is 0 Å². The van der Waals surface area contributed by atoms with Gasteiger partial charge in [0.05, 0.1) is 0 Å². The van der Waals surface area contributed by atoms with E-state index in [0.29, 0.717) is 5.41 Å². The van der Waals surface area contributed by atoms with Crippen molar-refractivity contribution in [1.29, 1.82) is 0 Å². The third kappa shape index (κ3) is 4.69. The summed E-state index contributed by atoms with van der Waals surface area (Å²) in [6, 6.07) is 0. The van der Waals surface area contributed by atoms with Crippen LogP contribution in [0.5, 0.6) is 0 Å². The zero-order valence-electron chi connectivity index (χ0n) is 10.6. The first-order valence-electron chi connectivity index (χ1n) is 5.79. The van der Waals surface area contributed by atoms with Crippen LogP contribution in [0, 0.1) is 23.2 Å². The van der Waals surface area contributed by atoms with E-state index in [1.54, 1.807) is 0 Å². The van der Waals surface area contributed by atoms with E-state index in [-0.39, 0.29) is 0 Å². The molecule has 0 nitrogen and oxygen atoms in total. The summed E-state index contributed by atoms with van der Waals surface area (Å²) in [5.41, 5.74) is 0.470. The number of rotatable bonds is 4.